The minimum Gasteiger partial charge on any atom is -0.382 e. The Bertz CT molecular complexity index is 657. The Kier molecular flexibility index (Phi) is 3.36. The van der Waals surface area contributed by atoms with Gasteiger partial charge in [0.25, 0.3) is 5.91 Å². The predicted octanol–water partition coefficient (Wildman–Crippen LogP) is 2.92. The maximum atomic E-state index is 12.2. The van der Waals surface area contributed by atoms with E-state index in [1.807, 2.05) is 48.5 Å². The number of hydrogen-bond acceptors (Lipinski definition) is 2. The van der Waals surface area contributed by atoms with Gasteiger partial charge in [0, 0.05) is 23.1 Å². The molecule has 0 aromatic heterocycles. The van der Waals surface area contributed by atoms with Crippen molar-refractivity contribution in [3.63, 3.8) is 0 Å². The molecule has 1 amide bonds. The molecule has 1 heterocycles. The zero-order valence-electron chi connectivity index (χ0n) is 11.0. The molecule has 0 spiro atoms. The van der Waals surface area contributed by atoms with Crippen molar-refractivity contribution < 1.29 is 9.90 Å². The van der Waals surface area contributed by atoms with Crippen molar-refractivity contribution in [2.45, 2.75) is 12.0 Å². The van der Waals surface area contributed by atoms with Gasteiger partial charge in [0.15, 0.2) is 0 Å². The van der Waals surface area contributed by atoms with Crippen LogP contribution in [0, 0.1) is 0 Å². The molecular formula is C16H14BrNO2. The maximum absolute atomic E-state index is 12.2. The summed E-state index contributed by atoms with van der Waals surface area (Å²) in [6, 6.07) is 15.4. The number of carbonyl (C=O) groups is 1. The zero-order valence-corrected chi connectivity index (χ0v) is 12.5. The van der Waals surface area contributed by atoms with Gasteiger partial charge in [-0.1, -0.05) is 46.3 Å². The summed E-state index contributed by atoms with van der Waals surface area (Å²) in [6.45, 7) is 0. The molecule has 0 saturated carbocycles. The molecule has 3 nitrogen and oxygen atoms in total. The van der Waals surface area contributed by atoms with E-state index in [9.17, 15) is 9.90 Å². The van der Waals surface area contributed by atoms with Gasteiger partial charge in [-0.05, 0) is 29.3 Å². The number of nitrogens with zero attached hydrogens (tertiary/aromatic N) is 1. The second-order valence-electron chi connectivity index (χ2n) is 4.93. The first-order chi connectivity index (χ1) is 9.59. The van der Waals surface area contributed by atoms with E-state index in [2.05, 4.69) is 15.9 Å². The quantitative estimate of drug-likeness (QED) is 0.872. The largest absolute Gasteiger partial charge is 0.382 e. The van der Waals surface area contributed by atoms with E-state index < -0.39 is 6.10 Å². The van der Waals surface area contributed by atoms with Crippen LogP contribution in [-0.4, -0.2) is 24.2 Å². The Hall–Kier alpha value is -1.65. The van der Waals surface area contributed by atoms with Crippen LogP contribution in [0.4, 0.5) is 5.69 Å². The normalized spacial score (nSPS) is 21.8. The highest BCUT2D eigenvalue weighted by atomic mass is 79.9. The first-order valence-corrected chi connectivity index (χ1v) is 7.19. The molecule has 3 rings (SSSR count). The fraction of sp³-hybridized carbons (Fsp3) is 0.188. The molecule has 0 fully saturated rings. The van der Waals surface area contributed by atoms with Crippen LogP contribution in [0.1, 0.15) is 17.0 Å². The number of amides is 1. The third kappa shape index (κ3) is 2.05. The average Bonchev–Trinajstić information content (AvgIpc) is 2.46. The molecule has 20 heavy (non-hydrogen) atoms. The number of rotatable bonds is 1. The molecule has 0 aliphatic carbocycles. The van der Waals surface area contributed by atoms with E-state index in [1.54, 1.807) is 7.05 Å². The van der Waals surface area contributed by atoms with E-state index in [0.717, 1.165) is 21.3 Å². The van der Waals surface area contributed by atoms with Crippen molar-refractivity contribution in [3.05, 3.63) is 64.1 Å². The van der Waals surface area contributed by atoms with Gasteiger partial charge in [0.05, 0.1) is 0 Å². The first kappa shape index (κ1) is 13.3. The number of halogens is 1. The highest BCUT2D eigenvalue weighted by molar-refractivity contribution is 9.10. The van der Waals surface area contributed by atoms with Crippen LogP contribution in [0.25, 0.3) is 0 Å². The number of aliphatic hydroxyl groups excluding tert-OH is 1. The Labute approximate surface area is 126 Å². The molecule has 0 bridgehead atoms. The van der Waals surface area contributed by atoms with Crippen LogP contribution < -0.4 is 4.90 Å². The summed E-state index contributed by atoms with van der Waals surface area (Å²) in [6.07, 6.45) is -1.05. The second-order valence-corrected chi connectivity index (χ2v) is 5.85. The molecule has 4 heteroatoms. The Morgan fingerprint density at radius 1 is 1.15 bits per heavy atom. The Morgan fingerprint density at radius 3 is 2.55 bits per heavy atom. The minimum absolute atomic E-state index is 0.270. The van der Waals surface area contributed by atoms with Gasteiger partial charge in [0.1, 0.15) is 6.10 Å². The van der Waals surface area contributed by atoms with Gasteiger partial charge < -0.3 is 10.0 Å². The van der Waals surface area contributed by atoms with Crippen LogP contribution in [0.3, 0.4) is 0 Å². The summed E-state index contributed by atoms with van der Waals surface area (Å²) >= 11 is 3.46. The topological polar surface area (TPSA) is 40.5 Å². The summed E-state index contributed by atoms with van der Waals surface area (Å²) < 4.78 is 0.937. The zero-order chi connectivity index (χ0) is 14.3. The molecule has 102 valence electrons. The molecule has 1 aliphatic heterocycles. The van der Waals surface area contributed by atoms with Crippen LogP contribution >= 0.6 is 15.9 Å². The highest BCUT2D eigenvalue weighted by Crippen LogP contribution is 2.40. The van der Waals surface area contributed by atoms with Crippen molar-refractivity contribution in [2.24, 2.45) is 0 Å². The lowest BCUT2D eigenvalue weighted by molar-refractivity contribution is -0.127. The maximum Gasteiger partial charge on any atom is 0.256 e. The number of hydrogen-bond donors (Lipinski definition) is 1. The van der Waals surface area contributed by atoms with Crippen LogP contribution in [0.2, 0.25) is 0 Å². The minimum atomic E-state index is -1.05. The van der Waals surface area contributed by atoms with Gasteiger partial charge >= 0.3 is 0 Å². The van der Waals surface area contributed by atoms with Crippen molar-refractivity contribution >= 4 is 27.5 Å². The van der Waals surface area contributed by atoms with E-state index in [1.165, 1.54) is 4.90 Å². The van der Waals surface area contributed by atoms with Crippen molar-refractivity contribution in [1.82, 2.24) is 0 Å². The number of likely N-dealkylation sites (N-methyl/N-ethyl adjacent to an activating group) is 1. The SMILES string of the molecule is CN1C(=O)C(O)C(c2ccccc2)c2cc(Br)ccc21. The second kappa shape index (κ2) is 5.04. The molecular weight excluding hydrogens is 318 g/mol. The molecule has 2 aromatic carbocycles. The number of fused-ring (bicyclic) bond motifs is 1. The fourth-order valence-corrected chi connectivity index (χ4v) is 3.11. The Morgan fingerprint density at radius 2 is 1.85 bits per heavy atom. The van der Waals surface area contributed by atoms with Gasteiger partial charge in [-0.15, -0.1) is 0 Å². The number of anilines is 1. The van der Waals surface area contributed by atoms with E-state index in [-0.39, 0.29) is 11.8 Å². The molecule has 2 atom stereocenters. The van der Waals surface area contributed by atoms with Crippen LogP contribution in [0.5, 0.6) is 0 Å². The molecule has 1 aliphatic rings. The van der Waals surface area contributed by atoms with E-state index >= 15 is 0 Å². The van der Waals surface area contributed by atoms with E-state index in [0.29, 0.717) is 0 Å². The monoisotopic (exact) mass is 331 g/mol. The van der Waals surface area contributed by atoms with E-state index in [4.69, 9.17) is 0 Å². The van der Waals surface area contributed by atoms with Gasteiger partial charge in [-0.2, -0.15) is 0 Å². The summed E-state index contributed by atoms with van der Waals surface area (Å²) in [7, 11) is 1.69. The van der Waals surface area contributed by atoms with Gasteiger partial charge in [0.2, 0.25) is 0 Å². The molecule has 1 N–H and O–H groups in total. The van der Waals surface area contributed by atoms with Crippen molar-refractivity contribution in [1.29, 1.82) is 0 Å². The molecule has 0 radical (unpaired) electrons. The van der Waals surface area contributed by atoms with Gasteiger partial charge in [-0.3, -0.25) is 4.79 Å². The predicted molar refractivity (Wildman–Crippen MR) is 81.8 cm³/mol. The van der Waals surface area contributed by atoms with Crippen LogP contribution in [0.15, 0.2) is 53.0 Å². The molecule has 2 unspecified atom stereocenters. The first-order valence-electron chi connectivity index (χ1n) is 6.39. The van der Waals surface area contributed by atoms with Crippen molar-refractivity contribution in [2.75, 3.05) is 11.9 Å². The standard InChI is InChI=1S/C16H14BrNO2/c1-18-13-8-7-11(17)9-12(13)14(15(19)16(18)20)10-5-3-2-4-6-10/h2-9,14-15,19H,1H3. The number of carbonyl (C=O) groups excluding carboxylic acids is 1. The molecule has 2 aromatic rings. The lowest BCUT2D eigenvalue weighted by Gasteiger charge is -2.35. The Balaban J connectivity index is 2.21. The number of benzene rings is 2. The van der Waals surface area contributed by atoms with Crippen molar-refractivity contribution in [3.8, 4) is 0 Å². The highest BCUT2D eigenvalue weighted by Gasteiger charge is 2.38. The third-order valence-electron chi connectivity index (χ3n) is 3.74. The molecule has 0 saturated heterocycles. The van der Waals surface area contributed by atoms with Crippen LogP contribution in [-0.2, 0) is 4.79 Å². The average molecular weight is 332 g/mol. The summed E-state index contributed by atoms with van der Waals surface area (Å²) in [4.78, 5) is 13.7. The smallest absolute Gasteiger partial charge is 0.256 e. The lowest BCUT2D eigenvalue weighted by Crippen LogP contribution is -2.45. The summed E-state index contributed by atoms with van der Waals surface area (Å²) in [5.74, 6) is -0.596. The fourth-order valence-electron chi connectivity index (χ4n) is 2.73. The summed E-state index contributed by atoms with van der Waals surface area (Å²) in [5, 5.41) is 10.4. The lowest BCUT2D eigenvalue weighted by atomic mass is 9.82. The number of aliphatic hydroxyl groups is 1. The third-order valence-corrected chi connectivity index (χ3v) is 4.24. The summed E-state index contributed by atoms with van der Waals surface area (Å²) in [5.41, 5.74) is 2.75. The van der Waals surface area contributed by atoms with Gasteiger partial charge in [-0.25, -0.2) is 0 Å².